The van der Waals surface area contributed by atoms with Crippen molar-refractivity contribution >= 4 is 21.6 Å². The van der Waals surface area contributed by atoms with Crippen LogP contribution in [-0.2, 0) is 9.84 Å². The molecule has 0 spiro atoms. The van der Waals surface area contributed by atoms with Gasteiger partial charge in [-0.25, -0.2) is 8.42 Å². The van der Waals surface area contributed by atoms with Crippen LogP contribution in [0.4, 0.5) is 5.82 Å². The van der Waals surface area contributed by atoms with E-state index in [1.165, 1.54) is 4.90 Å². The summed E-state index contributed by atoms with van der Waals surface area (Å²) in [6.07, 6.45) is 0.479. The third kappa shape index (κ3) is 3.01. The van der Waals surface area contributed by atoms with Gasteiger partial charge in [-0.05, 0) is 18.6 Å². The van der Waals surface area contributed by atoms with E-state index < -0.39 is 9.84 Å². The van der Waals surface area contributed by atoms with Crippen molar-refractivity contribution in [3.05, 3.63) is 17.8 Å². The van der Waals surface area contributed by atoms with Gasteiger partial charge in [-0.15, -0.1) is 10.2 Å². The monoisotopic (exact) mass is 284 g/mol. The zero-order chi connectivity index (χ0) is 14.0. The number of carbonyl (C=O) groups excluding carboxylic acids is 1. The van der Waals surface area contributed by atoms with Gasteiger partial charge in [0.25, 0.3) is 5.91 Å². The lowest BCUT2D eigenvalue weighted by Crippen LogP contribution is -2.38. The molecule has 7 nitrogen and oxygen atoms in total. The fourth-order valence-electron chi connectivity index (χ4n) is 2.01. The number of hydrogen-bond donors (Lipinski definition) is 1. The summed E-state index contributed by atoms with van der Waals surface area (Å²) in [4.78, 5) is 13.6. The van der Waals surface area contributed by atoms with Crippen molar-refractivity contribution in [1.82, 2.24) is 15.1 Å². The highest BCUT2D eigenvalue weighted by molar-refractivity contribution is 7.91. The summed E-state index contributed by atoms with van der Waals surface area (Å²) >= 11 is 0. The predicted molar refractivity (Wildman–Crippen MR) is 70.7 cm³/mol. The smallest absolute Gasteiger partial charge is 0.274 e. The maximum absolute atomic E-state index is 12.2. The molecule has 1 saturated heterocycles. The van der Waals surface area contributed by atoms with Gasteiger partial charge < -0.3 is 10.2 Å². The lowest BCUT2D eigenvalue weighted by atomic mass is 10.2. The molecule has 104 valence electrons. The number of nitrogens with one attached hydrogen (secondary N) is 1. The van der Waals surface area contributed by atoms with Gasteiger partial charge in [0.2, 0.25) is 0 Å². The number of amides is 1. The second kappa shape index (κ2) is 5.12. The van der Waals surface area contributed by atoms with E-state index in [1.807, 2.05) is 0 Å². The van der Waals surface area contributed by atoms with Crippen LogP contribution in [0, 0.1) is 0 Å². The van der Waals surface area contributed by atoms with Gasteiger partial charge in [-0.1, -0.05) is 0 Å². The zero-order valence-corrected chi connectivity index (χ0v) is 11.6. The summed E-state index contributed by atoms with van der Waals surface area (Å²) in [5.74, 6) is 0.427. The lowest BCUT2D eigenvalue weighted by molar-refractivity contribution is 0.0740. The molecule has 1 aromatic heterocycles. The van der Waals surface area contributed by atoms with Gasteiger partial charge in [0.1, 0.15) is 5.82 Å². The van der Waals surface area contributed by atoms with Gasteiger partial charge in [-0.3, -0.25) is 4.79 Å². The number of anilines is 1. The maximum atomic E-state index is 12.2. The van der Waals surface area contributed by atoms with Gasteiger partial charge in [0.05, 0.1) is 11.5 Å². The fourth-order valence-corrected chi connectivity index (χ4v) is 3.78. The van der Waals surface area contributed by atoms with Crippen LogP contribution in [0.5, 0.6) is 0 Å². The summed E-state index contributed by atoms with van der Waals surface area (Å²) in [7, 11) is 0.301. The molecule has 2 rings (SSSR count). The standard InChI is InChI=1S/C11H16N4O3S/c1-12-10-4-3-9(13-14-10)11(16)15(2)8-5-6-19(17,18)7-8/h3-4,8H,5-7H2,1-2H3,(H,12,14). The Hall–Kier alpha value is -1.70. The van der Waals surface area contributed by atoms with Gasteiger partial charge >= 0.3 is 0 Å². The van der Waals surface area contributed by atoms with Crippen molar-refractivity contribution in [2.24, 2.45) is 0 Å². The summed E-state index contributed by atoms with van der Waals surface area (Å²) in [6, 6.07) is 2.95. The second-order valence-electron chi connectivity index (χ2n) is 4.53. The Bertz CT molecular complexity index is 570. The predicted octanol–water partition coefficient (Wildman–Crippen LogP) is -0.223. The molecule has 1 amide bonds. The van der Waals surface area contributed by atoms with E-state index in [4.69, 9.17) is 0 Å². The highest BCUT2D eigenvalue weighted by atomic mass is 32.2. The average Bonchev–Trinajstić information content (AvgIpc) is 2.77. The van der Waals surface area contributed by atoms with E-state index in [1.54, 1.807) is 26.2 Å². The Morgan fingerprint density at radius 1 is 1.42 bits per heavy atom. The topological polar surface area (TPSA) is 92.3 Å². The molecule has 0 aliphatic carbocycles. The Labute approximate surface area is 111 Å². The van der Waals surface area contributed by atoms with Gasteiger partial charge in [0.15, 0.2) is 15.5 Å². The fraction of sp³-hybridized carbons (Fsp3) is 0.545. The number of sulfone groups is 1. The van der Waals surface area contributed by atoms with E-state index in [0.29, 0.717) is 12.2 Å². The lowest BCUT2D eigenvalue weighted by Gasteiger charge is -2.22. The van der Waals surface area contributed by atoms with E-state index in [2.05, 4.69) is 15.5 Å². The summed E-state index contributed by atoms with van der Waals surface area (Å²) in [6.45, 7) is 0. The molecule has 1 atom stereocenters. The molecule has 1 aromatic rings. The third-order valence-corrected chi connectivity index (χ3v) is 4.97. The molecular formula is C11H16N4O3S. The molecule has 0 aromatic carbocycles. The first-order chi connectivity index (χ1) is 8.93. The molecule has 1 unspecified atom stereocenters. The van der Waals surface area contributed by atoms with Crippen LogP contribution >= 0.6 is 0 Å². The second-order valence-corrected chi connectivity index (χ2v) is 6.76. The number of nitrogens with zero attached hydrogens (tertiary/aromatic N) is 3. The Kier molecular flexibility index (Phi) is 3.70. The van der Waals surface area contributed by atoms with Crippen molar-refractivity contribution in [1.29, 1.82) is 0 Å². The highest BCUT2D eigenvalue weighted by Crippen LogP contribution is 2.18. The average molecular weight is 284 g/mol. The van der Waals surface area contributed by atoms with Crippen molar-refractivity contribution < 1.29 is 13.2 Å². The largest absolute Gasteiger partial charge is 0.372 e. The quantitative estimate of drug-likeness (QED) is 0.825. The van der Waals surface area contributed by atoms with E-state index >= 15 is 0 Å². The van der Waals surface area contributed by atoms with Crippen molar-refractivity contribution in [3.8, 4) is 0 Å². The number of carbonyl (C=O) groups is 1. The normalized spacial score (nSPS) is 21.1. The summed E-state index contributed by atoms with van der Waals surface area (Å²) < 4.78 is 22.8. The van der Waals surface area contributed by atoms with E-state index in [0.717, 1.165) is 0 Å². The third-order valence-electron chi connectivity index (χ3n) is 3.22. The summed E-state index contributed by atoms with van der Waals surface area (Å²) in [5.41, 5.74) is 0.214. The summed E-state index contributed by atoms with van der Waals surface area (Å²) in [5, 5.41) is 10.5. The highest BCUT2D eigenvalue weighted by Gasteiger charge is 2.33. The van der Waals surface area contributed by atoms with Crippen LogP contribution < -0.4 is 5.32 Å². The Morgan fingerprint density at radius 2 is 2.16 bits per heavy atom. The maximum Gasteiger partial charge on any atom is 0.274 e. The van der Waals surface area contributed by atoms with Crippen LogP contribution in [0.3, 0.4) is 0 Å². The first kappa shape index (κ1) is 13.7. The molecule has 0 saturated carbocycles. The van der Waals surface area contributed by atoms with Gasteiger partial charge in [0, 0.05) is 20.1 Å². The minimum absolute atomic E-state index is 0.0251. The Balaban J connectivity index is 2.10. The van der Waals surface area contributed by atoms with Crippen LogP contribution in [0.1, 0.15) is 16.9 Å². The SMILES string of the molecule is CNc1ccc(C(=O)N(C)C2CCS(=O)(=O)C2)nn1. The van der Waals surface area contributed by atoms with Crippen LogP contribution in [0.25, 0.3) is 0 Å². The number of aromatic nitrogens is 2. The molecule has 1 aliphatic rings. The molecule has 1 aliphatic heterocycles. The first-order valence-corrected chi connectivity index (χ1v) is 7.74. The van der Waals surface area contributed by atoms with Crippen LogP contribution in [-0.4, -0.2) is 61.1 Å². The van der Waals surface area contributed by atoms with E-state index in [9.17, 15) is 13.2 Å². The zero-order valence-electron chi connectivity index (χ0n) is 10.8. The van der Waals surface area contributed by atoms with Gasteiger partial charge in [-0.2, -0.15) is 0 Å². The molecule has 1 fully saturated rings. The number of hydrogen-bond acceptors (Lipinski definition) is 6. The van der Waals surface area contributed by atoms with E-state index in [-0.39, 0.29) is 29.1 Å². The Morgan fingerprint density at radius 3 is 2.63 bits per heavy atom. The molecule has 19 heavy (non-hydrogen) atoms. The molecular weight excluding hydrogens is 268 g/mol. The molecule has 1 N–H and O–H groups in total. The first-order valence-electron chi connectivity index (χ1n) is 5.92. The van der Waals surface area contributed by atoms with Crippen molar-refractivity contribution in [2.75, 3.05) is 30.9 Å². The number of rotatable bonds is 3. The van der Waals surface area contributed by atoms with Crippen LogP contribution in [0.15, 0.2) is 12.1 Å². The molecule has 8 heteroatoms. The molecule has 0 radical (unpaired) electrons. The molecule has 0 bridgehead atoms. The van der Waals surface area contributed by atoms with Crippen molar-refractivity contribution in [3.63, 3.8) is 0 Å². The van der Waals surface area contributed by atoms with Crippen molar-refractivity contribution in [2.45, 2.75) is 12.5 Å². The van der Waals surface area contributed by atoms with Crippen LogP contribution in [0.2, 0.25) is 0 Å². The minimum atomic E-state index is -3.01. The minimum Gasteiger partial charge on any atom is -0.372 e. The molecule has 2 heterocycles.